The molecule has 2 amide bonds. The van der Waals surface area contributed by atoms with Gasteiger partial charge >= 0.3 is 0 Å². The van der Waals surface area contributed by atoms with Gasteiger partial charge < -0.3 is 19.7 Å². The van der Waals surface area contributed by atoms with Crippen molar-refractivity contribution in [1.82, 2.24) is 14.9 Å². The van der Waals surface area contributed by atoms with E-state index in [4.69, 9.17) is 9.47 Å². The number of benzene rings is 2. The van der Waals surface area contributed by atoms with E-state index in [1.807, 2.05) is 38.1 Å². The van der Waals surface area contributed by atoms with E-state index < -0.39 is 16.1 Å². The third-order valence-corrected chi connectivity index (χ3v) is 7.51. The van der Waals surface area contributed by atoms with Gasteiger partial charge in [0, 0.05) is 32.7 Å². The molecule has 38 heavy (non-hydrogen) atoms. The fraction of sp³-hybridized carbons (Fsp3) is 0.500. The van der Waals surface area contributed by atoms with Gasteiger partial charge in [-0.3, -0.25) is 9.59 Å². The molecule has 0 aromatic heterocycles. The number of nitrogens with one attached hydrogen (secondary N) is 2. The minimum Gasteiger partial charge on any atom is -0.497 e. The summed E-state index contributed by atoms with van der Waals surface area (Å²) in [4.78, 5) is 28.0. The average Bonchev–Trinajstić information content (AvgIpc) is 2.90. The Bertz CT molecular complexity index is 1120. The first-order valence-corrected chi connectivity index (χ1v) is 14.5. The van der Waals surface area contributed by atoms with Crippen LogP contribution >= 0.6 is 0 Å². The number of rotatable bonds is 16. The highest BCUT2D eigenvalue weighted by Crippen LogP contribution is 2.17. The molecule has 0 fully saturated rings. The minimum atomic E-state index is -3.53. The summed E-state index contributed by atoms with van der Waals surface area (Å²) in [6.45, 7) is 8.96. The van der Waals surface area contributed by atoms with E-state index in [-0.39, 0.29) is 35.8 Å². The van der Waals surface area contributed by atoms with Crippen molar-refractivity contribution in [3.63, 3.8) is 0 Å². The highest BCUT2D eigenvalue weighted by molar-refractivity contribution is 7.89. The molecule has 0 spiro atoms. The van der Waals surface area contributed by atoms with Gasteiger partial charge in [-0.05, 0) is 69.0 Å². The SMILES string of the molecule is CCNS(=O)(=O)c1ccc(CCC(=O)N(Cc2ccc(OC)cc2)C(C)C(=O)NCCCOC(C)C)cc1. The Morgan fingerprint density at radius 2 is 1.61 bits per heavy atom. The molecule has 10 heteroatoms. The van der Waals surface area contributed by atoms with E-state index in [1.54, 1.807) is 38.0 Å². The van der Waals surface area contributed by atoms with Crippen LogP contribution < -0.4 is 14.8 Å². The van der Waals surface area contributed by atoms with Crippen LogP contribution in [0.1, 0.15) is 51.7 Å². The predicted molar refractivity (Wildman–Crippen MR) is 147 cm³/mol. The largest absolute Gasteiger partial charge is 0.497 e. The highest BCUT2D eigenvalue weighted by Gasteiger charge is 2.26. The molecule has 0 aliphatic carbocycles. The number of hydrogen-bond donors (Lipinski definition) is 2. The zero-order valence-corrected chi connectivity index (χ0v) is 23.8. The second kappa shape index (κ2) is 15.5. The summed E-state index contributed by atoms with van der Waals surface area (Å²) in [5.74, 6) is 0.311. The third kappa shape index (κ3) is 10.1. The van der Waals surface area contributed by atoms with Crippen molar-refractivity contribution in [2.75, 3.05) is 26.8 Å². The summed E-state index contributed by atoms with van der Waals surface area (Å²) >= 11 is 0. The summed E-state index contributed by atoms with van der Waals surface area (Å²) in [5.41, 5.74) is 1.71. The summed E-state index contributed by atoms with van der Waals surface area (Å²) in [6, 6.07) is 13.2. The predicted octanol–water partition coefficient (Wildman–Crippen LogP) is 3.27. The number of hydrogen-bond acceptors (Lipinski definition) is 6. The summed E-state index contributed by atoms with van der Waals surface area (Å²) in [7, 11) is -1.95. The zero-order chi connectivity index (χ0) is 28.1. The first kappa shape index (κ1) is 31.3. The number of carbonyl (C=O) groups is 2. The molecule has 0 aliphatic rings. The number of carbonyl (C=O) groups excluding carboxylic acids is 2. The summed E-state index contributed by atoms with van der Waals surface area (Å²) < 4.78 is 37.5. The monoisotopic (exact) mass is 547 g/mol. The van der Waals surface area contributed by atoms with Gasteiger partial charge in [0.1, 0.15) is 11.8 Å². The quantitative estimate of drug-likeness (QED) is 0.312. The molecular formula is C28H41N3O6S. The lowest BCUT2D eigenvalue weighted by atomic mass is 10.1. The second-order valence-corrected chi connectivity index (χ2v) is 11.0. The molecular weight excluding hydrogens is 506 g/mol. The van der Waals surface area contributed by atoms with Crippen LogP contribution in [0.4, 0.5) is 0 Å². The van der Waals surface area contributed by atoms with Crippen LogP contribution in [-0.2, 0) is 37.3 Å². The Hall–Kier alpha value is -2.95. The van der Waals surface area contributed by atoms with Crippen molar-refractivity contribution in [2.24, 2.45) is 0 Å². The Labute approximate surface area is 226 Å². The number of aryl methyl sites for hydroxylation is 1. The summed E-state index contributed by atoms with van der Waals surface area (Å²) in [5, 5.41) is 2.90. The van der Waals surface area contributed by atoms with Crippen molar-refractivity contribution in [2.45, 2.75) is 70.5 Å². The molecule has 0 radical (unpaired) electrons. The molecule has 1 atom stereocenters. The van der Waals surface area contributed by atoms with E-state index in [2.05, 4.69) is 10.0 Å². The normalized spacial score (nSPS) is 12.3. The van der Waals surface area contributed by atoms with Gasteiger partial charge in [0.15, 0.2) is 0 Å². The fourth-order valence-corrected chi connectivity index (χ4v) is 4.81. The maximum absolute atomic E-state index is 13.3. The van der Waals surface area contributed by atoms with Gasteiger partial charge in [0.25, 0.3) is 0 Å². The summed E-state index contributed by atoms with van der Waals surface area (Å²) in [6.07, 6.45) is 1.41. The Morgan fingerprint density at radius 1 is 0.974 bits per heavy atom. The molecule has 0 saturated heterocycles. The third-order valence-electron chi connectivity index (χ3n) is 5.95. The van der Waals surface area contributed by atoms with E-state index in [0.717, 1.165) is 11.1 Å². The molecule has 2 N–H and O–H groups in total. The number of amides is 2. The number of ether oxygens (including phenoxy) is 2. The Morgan fingerprint density at radius 3 is 2.18 bits per heavy atom. The fourth-order valence-electron chi connectivity index (χ4n) is 3.76. The van der Waals surface area contributed by atoms with E-state index >= 15 is 0 Å². The molecule has 1 unspecified atom stereocenters. The van der Waals surface area contributed by atoms with Crippen LogP contribution in [0.3, 0.4) is 0 Å². The van der Waals surface area contributed by atoms with E-state index in [9.17, 15) is 18.0 Å². The van der Waals surface area contributed by atoms with Crippen LogP contribution in [-0.4, -0.2) is 64.1 Å². The van der Waals surface area contributed by atoms with Crippen molar-refractivity contribution >= 4 is 21.8 Å². The lowest BCUT2D eigenvalue weighted by Crippen LogP contribution is -2.48. The second-order valence-electron chi connectivity index (χ2n) is 9.26. The van der Waals surface area contributed by atoms with Crippen LogP contribution in [0.15, 0.2) is 53.4 Å². The molecule has 9 nitrogen and oxygen atoms in total. The smallest absolute Gasteiger partial charge is 0.242 e. The molecule has 2 aromatic rings. The zero-order valence-electron chi connectivity index (χ0n) is 23.0. The van der Waals surface area contributed by atoms with Gasteiger partial charge in [-0.2, -0.15) is 0 Å². The average molecular weight is 548 g/mol. The van der Waals surface area contributed by atoms with Crippen LogP contribution in [0.25, 0.3) is 0 Å². The number of sulfonamides is 1. The van der Waals surface area contributed by atoms with E-state index in [0.29, 0.717) is 38.3 Å². The standard InChI is InChI=1S/C28H41N3O6S/c1-6-30-38(34,35)26-15-10-23(11-16-26)12-17-27(32)31(20-24-8-13-25(36-5)14-9-24)22(4)28(33)29-18-7-19-37-21(2)3/h8-11,13-16,21-22,30H,6-7,12,17-20H2,1-5H3,(H,29,33). The van der Waals surface area contributed by atoms with Crippen molar-refractivity contribution in [1.29, 1.82) is 0 Å². The molecule has 2 aromatic carbocycles. The Kier molecular flexibility index (Phi) is 12.7. The van der Waals surface area contributed by atoms with E-state index in [1.165, 1.54) is 12.1 Å². The maximum atomic E-state index is 13.3. The molecule has 0 heterocycles. The first-order chi connectivity index (χ1) is 18.1. The topological polar surface area (TPSA) is 114 Å². The van der Waals surface area contributed by atoms with Gasteiger partial charge in [-0.1, -0.05) is 31.2 Å². The lowest BCUT2D eigenvalue weighted by molar-refractivity contribution is -0.140. The van der Waals surface area contributed by atoms with Crippen molar-refractivity contribution in [3.8, 4) is 5.75 Å². The van der Waals surface area contributed by atoms with Crippen molar-refractivity contribution < 1.29 is 27.5 Å². The Balaban J connectivity index is 2.08. The number of nitrogens with zero attached hydrogens (tertiary/aromatic N) is 1. The molecule has 0 bridgehead atoms. The van der Waals surface area contributed by atoms with Gasteiger partial charge in [-0.15, -0.1) is 0 Å². The number of methoxy groups -OCH3 is 1. The molecule has 0 aliphatic heterocycles. The molecule has 210 valence electrons. The van der Waals surface area contributed by atoms with Gasteiger partial charge in [-0.25, -0.2) is 13.1 Å². The van der Waals surface area contributed by atoms with Crippen LogP contribution in [0.5, 0.6) is 5.75 Å². The van der Waals surface area contributed by atoms with Crippen molar-refractivity contribution in [3.05, 3.63) is 59.7 Å². The van der Waals surface area contributed by atoms with Crippen LogP contribution in [0, 0.1) is 0 Å². The van der Waals surface area contributed by atoms with Crippen LogP contribution in [0.2, 0.25) is 0 Å². The van der Waals surface area contributed by atoms with Gasteiger partial charge in [0.2, 0.25) is 21.8 Å². The molecule has 2 rings (SSSR count). The maximum Gasteiger partial charge on any atom is 0.242 e. The minimum absolute atomic E-state index is 0.135. The van der Waals surface area contributed by atoms with Gasteiger partial charge in [0.05, 0.1) is 18.1 Å². The highest BCUT2D eigenvalue weighted by atomic mass is 32.2. The first-order valence-electron chi connectivity index (χ1n) is 13.0. The molecule has 0 saturated carbocycles. The lowest BCUT2D eigenvalue weighted by Gasteiger charge is -2.29.